The van der Waals surface area contributed by atoms with Crippen molar-refractivity contribution in [3.05, 3.63) is 90.5 Å². The fourth-order valence-electron chi connectivity index (χ4n) is 2.85. The van der Waals surface area contributed by atoms with Gasteiger partial charge in [0, 0.05) is 23.0 Å². The Morgan fingerprint density at radius 2 is 1.62 bits per heavy atom. The molecule has 2 heterocycles. The zero-order valence-corrected chi connectivity index (χ0v) is 16.7. The Hall–Kier alpha value is -4.66. The molecular formula is C23H18N4O5. The summed E-state index contributed by atoms with van der Waals surface area (Å²) in [6.07, 6.45) is 2.74. The van der Waals surface area contributed by atoms with Crippen molar-refractivity contribution in [2.45, 2.75) is 0 Å². The first-order valence-electron chi connectivity index (χ1n) is 9.62. The van der Waals surface area contributed by atoms with E-state index in [-0.39, 0.29) is 18.1 Å². The highest BCUT2D eigenvalue weighted by Gasteiger charge is 2.15. The Morgan fingerprint density at radius 3 is 2.38 bits per heavy atom. The fourth-order valence-corrected chi connectivity index (χ4v) is 2.85. The van der Waals surface area contributed by atoms with Gasteiger partial charge in [0.1, 0.15) is 6.26 Å². The third-order valence-corrected chi connectivity index (χ3v) is 4.40. The van der Waals surface area contributed by atoms with Gasteiger partial charge in [0.05, 0.1) is 18.4 Å². The van der Waals surface area contributed by atoms with Crippen LogP contribution < -0.4 is 16.0 Å². The molecule has 3 amide bonds. The molecule has 0 saturated heterocycles. The van der Waals surface area contributed by atoms with Gasteiger partial charge in [0.25, 0.3) is 11.8 Å². The summed E-state index contributed by atoms with van der Waals surface area (Å²) in [5, 5.41) is 11.6. The molecule has 2 aromatic heterocycles. The molecule has 160 valence electrons. The summed E-state index contributed by atoms with van der Waals surface area (Å²) in [5.41, 5.74) is 2.19. The Kier molecular flexibility index (Phi) is 6.08. The molecule has 3 N–H and O–H groups in total. The lowest BCUT2D eigenvalue weighted by atomic mass is 10.1. The largest absolute Gasteiger partial charge is 0.472 e. The van der Waals surface area contributed by atoms with Gasteiger partial charge >= 0.3 is 0 Å². The molecule has 0 atom stereocenters. The molecule has 0 unspecified atom stereocenters. The molecule has 0 aliphatic rings. The monoisotopic (exact) mass is 430 g/mol. The van der Waals surface area contributed by atoms with Crippen LogP contribution in [0.3, 0.4) is 0 Å². The van der Waals surface area contributed by atoms with Gasteiger partial charge < -0.3 is 24.9 Å². The molecule has 2 aromatic carbocycles. The van der Waals surface area contributed by atoms with Gasteiger partial charge in [0.2, 0.25) is 5.91 Å². The highest BCUT2D eigenvalue weighted by atomic mass is 16.5. The number of nitrogens with one attached hydrogen (secondary N) is 3. The highest BCUT2D eigenvalue weighted by Crippen LogP contribution is 2.20. The van der Waals surface area contributed by atoms with Crippen LogP contribution >= 0.6 is 0 Å². The van der Waals surface area contributed by atoms with Crippen LogP contribution in [0, 0.1) is 0 Å². The van der Waals surface area contributed by atoms with E-state index in [1.807, 2.05) is 30.3 Å². The summed E-state index contributed by atoms with van der Waals surface area (Å²) in [6.45, 7) is -0.266. The van der Waals surface area contributed by atoms with Crippen molar-refractivity contribution in [1.29, 1.82) is 0 Å². The third-order valence-electron chi connectivity index (χ3n) is 4.40. The van der Waals surface area contributed by atoms with Crippen LogP contribution in [0.25, 0.3) is 11.3 Å². The second kappa shape index (κ2) is 9.43. The second-order valence-corrected chi connectivity index (χ2v) is 6.72. The number of amides is 3. The zero-order valence-electron chi connectivity index (χ0n) is 16.7. The van der Waals surface area contributed by atoms with Crippen molar-refractivity contribution in [3.63, 3.8) is 0 Å². The van der Waals surface area contributed by atoms with E-state index in [1.54, 1.807) is 30.3 Å². The third kappa shape index (κ3) is 5.08. The Labute approximate surface area is 182 Å². The predicted octanol–water partition coefficient (Wildman–Crippen LogP) is 3.56. The highest BCUT2D eigenvalue weighted by molar-refractivity contribution is 6.04. The van der Waals surface area contributed by atoms with Crippen LogP contribution in [-0.2, 0) is 4.79 Å². The number of rotatable bonds is 7. The molecule has 0 aliphatic carbocycles. The predicted molar refractivity (Wildman–Crippen MR) is 116 cm³/mol. The number of anilines is 2. The van der Waals surface area contributed by atoms with Crippen LogP contribution in [0.1, 0.15) is 20.8 Å². The quantitative estimate of drug-likeness (QED) is 0.412. The van der Waals surface area contributed by atoms with E-state index in [4.69, 9.17) is 8.94 Å². The molecule has 9 heteroatoms. The molecule has 0 fully saturated rings. The number of benzene rings is 2. The first-order chi connectivity index (χ1) is 15.6. The topological polar surface area (TPSA) is 126 Å². The lowest BCUT2D eigenvalue weighted by molar-refractivity contribution is -0.115. The van der Waals surface area contributed by atoms with Crippen molar-refractivity contribution in [2.24, 2.45) is 0 Å². The van der Waals surface area contributed by atoms with E-state index in [9.17, 15) is 14.4 Å². The van der Waals surface area contributed by atoms with E-state index in [0.717, 1.165) is 5.56 Å². The first kappa shape index (κ1) is 20.6. The first-order valence-corrected chi connectivity index (χ1v) is 9.62. The van der Waals surface area contributed by atoms with Gasteiger partial charge in [-0.05, 0) is 24.3 Å². The van der Waals surface area contributed by atoms with E-state index in [2.05, 4.69) is 21.1 Å². The zero-order chi connectivity index (χ0) is 22.3. The molecule has 4 aromatic rings. The van der Waals surface area contributed by atoms with E-state index >= 15 is 0 Å². The normalized spacial score (nSPS) is 10.4. The maximum absolute atomic E-state index is 12.3. The van der Waals surface area contributed by atoms with Crippen LogP contribution in [0.15, 0.2) is 88.2 Å². The average Bonchev–Trinajstić information content (AvgIpc) is 3.51. The van der Waals surface area contributed by atoms with Crippen molar-refractivity contribution in [3.8, 4) is 11.3 Å². The lowest BCUT2D eigenvalue weighted by Gasteiger charge is -2.09. The number of hydrogen-bond acceptors (Lipinski definition) is 6. The molecule has 0 bridgehead atoms. The number of nitrogens with zero attached hydrogens (tertiary/aromatic N) is 1. The second-order valence-electron chi connectivity index (χ2n) is 6.72. The molecule has 32 heavy (non-hydrogen) atoms. The number of hydrogen-bond donors (Lipinski definition) is 3. The van der Waals surface area contributed by atoms with Gasteiger partial charge in [0.15, 0.2) is 11.5 Å². The minimum Gasteiger partial charge on any atom is -0.472 e. The van der Waals surface area contributed by atoms with Crippen molar-refractivity contribution < 1.29 is 23.3 Å². The van der Waals surface area contributed by atoms with Crippen LogP contribution in [-0.4, -0.2) is 29.4 Å². The number of carbonyl (C=O) groups excluding carboxylic acids is 3. The van der Waals surface area contributed by atoms with Gasteiger partial charge in [-0.2, -0.15) is 0 Å². The Bertz CT molecular complexity index is 1230. The molecule has 9 nitrogen and oxygen atoms in total. The minimum atomic E-state index is -0.535. The fraction of sp³-hybridized carbons (Fsp3) is 0.0435. The van der Waals surface area contributed by atoms with E-state index < -0.39 is 11.8 Å². The summed E-state index contributed by atoms with van der Waals surface area (Å²) < 4.78 is 10.1. The van der Waals surface area contributed by atoms with E-state index in [0.29, 0.717) is 22.7 Å². The van der Waals surface area contributed by atoms with Gasteiger partial charge in [-0.1, -0.05) is 41.6 Å². The van der Waals surface area contributed by atoms with Crippen LogP contribution in [0.4, 0.5) is 11.4 Å². The van der Waals surface area contributed by atoms with Crippen LogP contribution in [0.2, 0.25) is 0 Å². The maximum Gasteiger partial charge on any atom is 0.273 e. The summed E-state index contributed by atoms with van der Waals surface area (Å²) >= 11 is 0. The summed E-state index contributed by atoms with van der Waals surface area (Å²) in [7, 11) is 0. The minimum absolute atomic E-state index is 0.0700. The maximum atomic E-state index is 12.3. The van der Waals surface area contributed by atoms with Gasteiger partial charge in [-0.15, -0.1) is 0 Å². The average molecular weight is 430 g/mol. The van der Waals surface area contributed by atoms with Crippen molar-refractivity contribution in [1.82, 2.24) is 10.5 Å². The summed E-state index contributed by atoms with van der Waals surface area (Å²) in [6, 6.07) is 18.9. The molecule has 0 aliphatic heterocycles. The summed E-state index contributed by atoms with van der Waals surface area (Å²) in [4.78, 5) is 36.6. The number of carbonyl (C=O) groups is 3. The molecular weight excluding hydrogens is 412 g/mol. The molecule has 4 rings (SSSR count). The molecule has 0 saturated carbocycles. The smallest absolute Gasteiger partial charge is 0.273 e. The van der Waals surface area contributed by atoms with Crippen LogP contribution in [0.5, 0.6) is 0 Å². The van der Waals surface area contributed by atoms with Gasteiger partial charge in [-0.25, -0.2) is 0 Å². The summed E-state index contributed by atoms with van der Waals surface area (Å²) in [5.74, 6) is -0.859. The van der Waals surface area contributed by atoms with Crippen molar-refractivity contribution >= 4 is 29.1 Å². The van der Waals surface area contributed by atoms with E-state index in [1.165, 1.54) is 18.6 Å². The van der Waals surface area contributed by atoms with Crippen molar-refractivity contribution in [2.75, 3.05) is 17.2 Å². The van der Waals surface area contributed by atoms with Gasteiger partial charge in [-0.3, -0.25) is 14.4 Å². The molecule has 0 radical (unpaired) electrons. The molecule has 0 spiro atoms. The number of aromatic nitrogens is 1. The Balaban J connectivity index is 1.30. The SMILES string of the molecule is O=C(CNC(=O)c1cc(-c2ccccc2)on1)Nc1cccc(NC(=O)c2ccoc2)c1. The lowest BCUT2D eigenvalue weighted by Crippen LogP contribution is -2.33. The Morgan fingerprint density at radius 1 is 0.844 bits per heavy atom. The number of furan rings is 1. The standard InChI is InChI=1S/C23H18N4O5/c28-21(13-24-23(30)19-12-20(32-27-19)15-5-2-1-3-6-15)25-17-7-4-8-18(11-17)26-22(29)16-9-10-31-14-16/h1-12,14H,13H2,(H,24,30)(H,25,28)(H,26,29).